The van der Waals surface area contributed by atoms with E-state index in [4.69, 9.17) is 24.9 Å². The van der Waals surface area contributed by atoms with E-state index in [-0.39, 0.29) is 0 Å². The van der Waals surface area contributed by atoms with Crippen LogP contribution in [0.5, 0.6) is 0 Å². The van der Waals surface area contributed by atoms with Crippen molar-refractivity contribution >= 4 is 43.6 Å². The molecular formula is C99H62N8. The van der Waals surface area contributed by atoms with Gasteiger partial charge in [0.1, 0.15) is 0 Å². The molecule has 0 aliphatic heterocycles. The molecule has 0 saturated heterocycles. The summed E-state index contributed by atoms with van der Waals surface area (Å²) in [5.41, 5.74) is 27.0. The average Bonchev–Trinajstić information content (AvgIpc) is 1.54. The molecule has 8 nitrogen and oxygen atoms in total. The molecule has 0 bridgehead atoms. The van der Waals surface area contributed by atoms with Gasteiger partial charge in [0, 0.05) is 66.3 Å². The van der Waals surface area contributed by atoms with E-state index in [1.54, 1.807) is 0 Å². The minimum atomic E-state index is -0.593. The first kappa shape index (κ1) is 62.3. The molecule has 0 saturated carbocycles. The van der Waals surface area contributed by atoms with Crippen LogP contribution >= 0.6 is 0 Å². The maximum atomic E-state index is 9.97. The van der Waals surface area contributed by atoms with Gasteiger partial charge in [-0.2, -0.15) is 5.26 Å². The second-order valence-electron chi connectivity index (χ2n) is 27.4. The predicted molar refractivity (Wildman–Crippen MR) is 435 cm³/mol. The summed E-state index contributed by atoms with van der Waals surface area (Å²) in [5.74, 6) is 2.30. The Morgan fingerprint density at radius 1 is 0.234 bits per heavy atom. The summed E-state index contributed by atoms with van der Waals surface area (Å²) in [7, 11) is 0. The molecule has 1 aliphatic carbocycles. The zero-order valence-electron chi connectivity index (χ0n) is 57.9. The van der Waals surface area contributed by atoms with Crippen LogP contribution in [0.15, 0.2) is 376 Å². The van der Waals surface area contributed by atoms with Crippen molar-refractivity contribution in [2.24, 2.45) is 0 Å². The molecule has 0 spiro atoms. The second-order valence-corrected chi connectivity index (χ2v) is 27.4. The average molecular weight is 1360 g/mol. The van der Waals surface area contributed by atoms with Gasteiger partial charge in [0.15, 0.2) is 23.3 Å². The van der Waals surface area contributed by atoms with Crippen LogP contribution in [-0.4, -0.2) is 34.1 Å². The SMILES string of the molecule is N#Cc1ccc(-c2cc3c(cc2-c2ccc(-c4nc(-c5ccccc5)nc(-c5ccc(-c6cccc(-c7cc(-c8ccccc8)nc(-c8cc(-n9c%10ccccc%10c%10ccccc%109)cc(-n9c%10ccccc%10c%10ccccc%109)c8)n7)c6)cc5)n4)cc2)-c2ccccc2C3(c2ccccc2)c2ccccc2)cc1. The Labute approximate surface area is 618 Å². The van der Waals surface area contributed by atoms with Crippen molar-refractivity contribution < 1.29 is 0 Å². The highest BCUT2D eigenvalue weighted by Gasteiger charge is 2.46. The van der Waals surface area contributed by atoms with Crippen LogP contribution in [0.3, 0.4) is 0 Å². The van der Waals surface area contributed by atoms with Gasteiger partial charge in [-0.1, -0.05) is 297 Å². The number of nitriles is 1. The van der Waals surface area contributed by atoms with Crippen molar-refractivity contribution in [2.75, 3.05) is 0 Å². The Hall–Kier alpha value is -14.5. The topological polar surface area (TPSA) is 98.1 Å². The van der Waals surface area contributed by atoms with E-state index < -0.39 is 5.41 Å². The fraction of sp³-hybridized carbons (Fsp3) is 0.0101. The van der Waals surface area contributed by atoms with Crippen molar-refractivity contribution in [2.45, 2.75) is 5.41 Å². The van der Waals surface area contributed by atoms with Crippen LogP contribution in [0.2, 0.25) is 0 Å². The van der Waals surface area contributed by atoms with Gasteiger partial charge in [0.05, 0.1) is 50.5 Å². The first-order valence-electron chi connectivity index (χ1n) is 36.1. The molecule has 0 fully saturated rings. The first-order valence-corrected chi connectivity index (χ1v) is 36.1. The Morgan fingerprint density at radius 3 is 1.13 bits per heavy atom. The number of aromatic nitrogens is 7. The van der Waals surface area contributed by atoms with Gasteiger partial charge in [-0.05, 0) is 146 Å². The fourth-order valence-electron chi connectivity index (χ4n) is 16.4. The lowest BCUT2D eigenvalue weighted by atomic mass is 9.67. The third kappa shape index (κ3) is 10.6. The molecule has 107 heavy (non-hydrogen) atoms. The molecule has 0 unspecified atom stereocenters. The van der Waals surface area contributed by atoms with Gasteiger partial charge in [0.2, 0.25) is 0 Å². The maximum Gasteiger partial charge on any atom is 0.164 e. The largest absolute Gasteiger partial charge is 0.309 e. The summed E-state index contributed by atoms with van der Waals surface area (Å²) in [6, 6.07) is 136. The summed E-state index contributed by atoms with van der Waals surface area (Å²) >= 11 is 0. The Bertz CT molecular complexity index is 6440. The third-order valence-electron chi connectivity index (χ3n) is 21.3. The molecule has 8 heteroatoms. The van der Waals surface area contributed by atoms with Crippen LogP contribution in [-0.2, 0) is 5.41 Å². The smallest absolute Gasteiger partial charge is 0.164 e. The first-order chi connectivity index (χ1) is 53.0. The lowest BCUT2D eigenvalue weighted by Crippen LogP contribution is -2.28. The zero-order valence-corrected chi connectivity index (χ0v) is 57.9. The Balaban J connectivity index is 0.675. The quantitative estimate of drug-likeness (QED) is 0.114. The monoisotopic (exact) mass is 1360 g/mol. The minimum Gasteiger partial charge on any atom is -0.309 e. The zero-order chi connectivity index (χ0) is 70.9. The summed E-state index contributed by atoms with van der Waals surface area (Å²) in [5, 5.41) is 14.7. The van der Waals surface area contributed by atoms with E-state index in [0.717, 1.165) is 112 Å². The van der Waals surface area contributed by atoms with Crippen molar-refractivity contribution in [3.05, 3.63) is 404 Å². The maximum absolute atomic E-state index is 9.97. The van der Waals surface area contributed by atoms with E-state index >= 15 is 0 Å². The van der Waals surface area contributed by atoms with Crippen molar-refractivity contribution in [1.29, 1.82) is 5.26 Å². The van der Waals surface area contributed by atoms with Gasteiger partial charge in [-0.15, -0.1) is 0 Å². The number of rotatable bonds is 13. The summed E-state index contributed by atoms with van der Waals surface area (Å²) in [6.45, 7) is 0. The van der Waals surface area contributed by atoms with Gasteiger partial charge in [-0.3, -0.25) is 0 Å². The number of hydrogen-bond donors (Lipinski definition) is 0. The highest BCUT2D eigenvalue weighted by Crippen LogP contribution is 2.58. The normalized spacial score (nSPS) is 12.2. The number of nitrogens with zero attached hydrogens (tertiary/aromatic N) is 8. The Kier molecular flexibility index (Phi) is 15.0. The van der Waals surface area contributed by atoms with Crippen LogP contribution in [0.25, 0.3) is 168 Å². The summed E-state index contributed by atoms with van der Waals surface area (Å²) in [4.78, 5) is 26.7. The molecule has 498 valence electrons. The molecule has 1 aliphatic rings. The van der Waals surface area contributed by atoms with E-state index in [2.05, 4.69) is 343 Å². The van der Waals surface area contributed by atoms with Gasteiger partial charge < -0.3 is 9.13 Å². The lowest BCUT2D eigenvalue weighted by Gasteiger charge is -2.34. The fourth-order valence-corrected chi connectivity index (χ4v) is 16.4. The highest BCUT2D eigenvalue weighted by atomic mass is 15.0. The minimum absolute atomic E-state index is 0.559. The van der Waals surface area contributed by atoms with Crippen molar-refractivity contribution in [3.63, 3.8) is 0 Å². The van der Waals surface area contributed by atoms with Gasteiger partial charge >= 0.3 is 0 Å². The third-order valence-corrected chi connectivity index (χ3v) is 21.3. The van der Waals surface area contributed by atoms with Gasteiger partial charge in [0.25, 0.3) is 0 Å². The molecule has 0 radical (unpaired) electrons. The molecule has 0 atom stereocenters. The molecule has 4 aromatic heterocycles. The molecular weight excluding hydrogens is 1300 g/mol. The van der Waals surface area contributed by atoms with Crippen molar-refractivity contribution in [1.82, 2.24) is 34.1 Å². The molecule has 0 amide bonds. The van der Waals surface area contributed by atoms with Crippen LogP contribution in [0.4, 0.5) is 0 Å². The number of fused-ring (bicyclic) bond motifs is 9. The molecule has 20 rings (SSSR count). The summed E-state index contributed by atoms with van der Waals surface area (Å²) in [6.07, 6.45) is 0. The Morgan fingerprint density at radius 2 is 0.617 bits per heavy atom. The second kappa shape index (κ2) is 25.8. The van der Waals surface area contributed by atoms with Crippen LogP contribution in [0, 0.1) is 11.3 Å². The number of hydrogen-bond acceptors (Lipinski definition) is 6. The summed E-state index contributed by atoms with van der Waals surface area (Å²) < 4.78 is 4.77. The number of benzene rings is 15. The lowest BCUT2D eigenvalue weighted by molar-refractivity contribution is 0.769. The highest BCUT2D eigenvalue weighted by molar-refractivity contribution is 6.11. The molecule has 15 aromatic carbocycles. The van der Waals surface area contributed by atoms with E-state index in [9.17, 15) is 5.26 Å². The van der Waals surface area contributed by atoms with Crippen LogP contribution in [0.1, 0.15) is 27.8 Å². The van der Waals surface area contributed by atoms with Gasteiger partial charge in [-0.25, -0.2) is 24.9 Å². The van der Waals surface area contributed by atoms with E-state index in [1.807, 2.05) is 48.5 Å². The van der Waals surface area contributed by atoms with E-state index in [0.29, 0.717) is 28.9 Å². The molecule has 0 N–H and O–H groups in total. The van der Waals surface area contributed by atoms with Crippen molar-refractivity contribution in [3.8, 4) is 130 Å². The van der Waals surface area contributed by atoms with E-state index in [1.165, 1.54) is 54.9 Å². The predicted octanol–water partition coefficient (Wildman–Crippen LogP) is 24.1. The standard InChI is InChI=1S/C99H62N8/c100-63-64-44-46-66(47-45-64)85-61-88-86(79-34-13-18-39-87(79)99(88,75-30-9-3-10-31-75)76-32-11-4-12-33-76)60-84(85)67-50-54-71(55-51-67)97-104-95(69-26-7-2-8-27-69)103-96(105-97)70-52-48-65(49-53-70)72-28-23-29-73(56-72)90-62-89(68-24-5-1-6-25-68)101-98(102-90)74-57-77(106-91-40-19-14-35-80(91)81-36-15-20-41-92(81)106)59-78(58-74)107-93-42-21-16-37-82(93)83-38-17-22-43-94(83)107/h1-62H. The molecule has 4 heterocycles. The molecule has 19 aromatic rings. The number of para-hydroxylation sites is 4. The van der Waals surface area contributed by atoms with Crippen LogP contribution < -0.4 is 0 Å².